The van der Waals surface area contributed by atoms with Crippen molar-refractivity contribution >= 4 is 17.7 Å². The van der Waals surface area contributed by atoms with Gasteiger partial charge in [0.15, 0.2) is 0 Å². The smallest absolute Gasteiger partial charge is 0.409 e. The zero-order chi connectivity index (χ0) is 24.9. The Hall–Kier alpha value is -3.39. The van der Waals surface area contributed by atoms with E-state index in [4.69, 9.17) is 14.6 Å². The van der Waals surface area contributed by atoms with E-state index in [1.807, 2.05) is 24.3 Å². The first kappa shape index (κ1) is 24.7. The molecule has 2 aliphatic rings. The van der Waals surface area contributed by atoms with Gasteiger partial charge in [0.05, 0.1) is 32.0 Å². The molecule has 4 rings (SSSR count). The molecule has 2 aromatic rings. The van der Waals surface area contributed by atoms with Crippen LogP contribution >= 0.6 is 0 Å². The van der Waals surface area contributed by atoms with Crippen molar-refractivity contribution in [3.8, 4) is 5.75 Å². The van der Waals surface area contributed by atoms with Crippen LogP contribution in [0.15, 0.2) is 47.6 Å². The number of aryl methyl sites for hydroxylation is 2. The highest BCUT2D eigenvalue weighted by atomic mass is 16.6. The van der Waals surface area contributed by atoms with Crippen molar-refractivity contribution in [2.24, 2.45) is 5.10 Å². The Kier molecular flexibility index (Phi) is 7.70. The molecular formula is C27H34N4O4. The number of benzene rings is 2. The molecule has 2 aromatic carbocycles. The van der Waals surface area contributed by atoms with Crippen molar-refractivity contribution in [1.29, 1.82) is 0 Å². The molecule has 8 heteroatoms. The Morgan fingerprint density at radius 1 is 1.06 bits per heavy atom. The zero-order valence-corrected chi connectivity index (χ0v) is 21.0. The molecule has 0 N–H and O–H groups in total. The van der Waals surface area contributed by atoms with Crippen molar-refractivity contribution in [2.45, 2.75) is 33.2 Å². The maximum atomic E-state index is 13.5. The van der Waals surface area contributed by atoms with Crippen molar-refractivity contribution in [3.05, 3.63) is 64.7 Å². The summed E-state index contributed by atoms with van der Waals surface area (Å²) in [4.78, 5) is 29.3. The molecule has 2 heterocycles. The van der Waals surface area contributed by atoms with Gasteiger partial charge < -0.3 is 14.4 Å². The van der Waals surface area contributed by atoms with E-state index in [-0.39, 0.29) is 24.6 Å². The second kappa shape index (κ2) is 10.9. The van der Waals surface area contributed by atoms with Crippen LogP contribution < -0.4 is 4.74 Å². The SMILES string of the molecule is CCOC(=O)N1CCN(CC(=O)N2N=C(c3cc(C)ccc3C)C[C@H]2c2cccc(OC)c2)CC1. The second-order valence-corrected chi connectivity index (χ2v) is 9.06. The highest BCUT2D eigenvalue weighted by Crippen LogP contribution is 2.35. The second-order valence-electron chi connectivity index (χ2n) is 9.06. The van der Waals surface area contributed by atoms with Crippen molar-refractivity contribution in [2.75, 3.05) is 46.4 Å². The highest BCUT2D eigenvalue weighted by Gasteiger charge is 2.35. The van der Waals surface area contributed by atoms with Crippen LogP contribution in [0.1, 0.15) is 41.6 Å². The third-order valence-electron chi connectivity index (χ3n) is 6.61. The average Bonchev–Trinajstić information content (AvgIpc) is 3.32. The van der Waals surface area contributed by atoms with Gasteiger partial charge in [-0.25, -0.2) is 9.80 Å². The molecule has 0 unspecified atom stereocenters. The molecule has 186 valence electrons. The van der Waals surface area contributed by atoms with E-state index in [9.17, 15) is 9.59 Å². The molecule has 2 aliphatic heterocycles. The molecule has 0 bridgehead atoms. The minimum absolute atomic E-state index is 0.0530. The lowest BCUT2D eigenvalue weighted by molar-refractivity contribution is -0.134. The molecule has 0 aromatic heterocycles. The molecule has 1 fully saturated rings. The van der Waals surface area contributed by atoms with Gasteiger partial charge in [-0.3, -0.25) is 9.69 Å². The summed E-state index contributed by atoms with van der Waals surface area (Å²) in [5.74, 6) is 0.702. The van der Waals surface area contributed by atoms with Crippen LogP contribution in [0.25, 0.3) is 0 Å². The number of ether oxygens (including phenoxy) is 2. The van der Waals surface area contributed by atoms with E-state index in [2.05, 4.69) is 36.9 Å². The maximum absolute atomic E-state index is 13.5. The summed E-state index contributed by atoms with van der Waals surface area (Å²) in [6.45, 7) is 8.88. The van der Waals surface area contributed by atoms with Gasteiger partial charge in [0.1, 0.15) is 5.75 Å². The minimum Gasteiger partial charge on any atom is -0.497 e. The largest absolute Gasteiger partial charge is 0.497 e. The first-order chi connectivity index (χ1) is 16.9. The van der Waals surface area contributed by atoms with E-state index >= 15 is 0 Å². The molecule has 1 saturated heterocycles. The van der Waals surface area contributed by atoms with E-state index in [1.54, 1.807) is 23.9 Å². The summed E-state index contributed by atoms with van der Waals surface area (Å²) in [6, 6.07) is 14.0. The molecule has 0 spiro atoms. The Bertz CT molecular complexity index is 1110. The molecule has 35 heavy (non-hydrogen) atoms. The summed E-state index contributed by atoms with van der Waals surface area (Å²) in [7, 11) is 1.64. The van der Waals surface area contributed by atoms with Crippen LogP contribution in [0.3, 0.4) is 0 Å². The molecular weight excluding hydrogens is 444 g/mol. The predicted octanol–water partition coefficient (Wildman–Crippen LogP) is 3.76. The monoisotopic (exact) mass is 478 g/mol. The first-order valence-electron chi connectivity index (χ1n) is 12.1. The number of hydrogen-bond donors (Lipinski definition) is 0. The fraction of sp³-hybridized carbons (Fsp3) is 0.444. The molecule has 1 atom stereocenters. The van der Waals surface area contributed by atoms with Crippen LogP contribution in [0, 0.1) is 13.8 Å². The number of hydrogen-bond acceptors (Lipinski definition) is 6. The maximum Gasteiger partial charge on any atom is 0.409 e. The number of nitrogens with zero attached hydrogens (tertiary/aromatic N) is 4. The van der Waals surface area contributed by atoms with Crippen LogP contribution in [-0.4, -0.2) is 79.0 Å². The van der Waals surface area contributed by atoms with Gasteiger partial charge in [0.25, 0.3) is 5.91 Å². The van der Waals surface area contributed by atoms with Crippen molar-refractivity contribution in [3.63, 3.8) is 0 Å². The highest BCUT2D eigenvalue weighted by molar-refractivity contribution is 6.04. The van der Waals surface area contributed by atoms with Gasteiger partial charge >= 0.3 is 6.09 Å². The normalized spacial score (nSPS) is 18.4. The number of carbonyl (C=O) groups is 2. The Morgan fingerprint density at radius 3 is 2.54 bits per heavy atom. The number of hydrazone groups is 1. The Labute approximate surface area is 207 Å². The van der Waals surface area contributed by atoms with Gasteiger partial charge in [-0.05, 0) is 50.1 Å². The molecule has 0 radical (unpaired) electrons. The number of piperazine rings is 1. The number of amides is 2. The van der Waals surface area contributed by atoms with E-state index < -0.39 is 0 Å². The summed E-state index contributed by atoms with van der Waals surface area (Å²) in [6.07, 6.45) is 0.346. The topological polar surface area (TPSA) is 74.7 Å². The lowest BCUT2D eigenvalue weighted by atomic mass is 9.95. The van der Waals surface area contributed by atoms with E-state index in [0.29, 0.717) is 39.2 Å². The molecule has 8 nitrogen and oxygen atoms in total. The number of methoxy groups -OCH3 is 1. The van der Waals surface area contributed by atoms with Gasteiger partial charge in [0.2, 0.25) is 0 Å². The number of rotatable bonds is 6. The molecule has 0 aliphatic carbocycles. The minimum atomic E-state index is -0.293. The average molecular weight is 479 g/mol. The van der Waals surface area contributed by atoms with Crippen LogP contribution in [0.2, 0.25) is 0 Å². The summed E-state index contributed by atoms with van der Waals surface area (Å²) in [5.41, 5.74) is 5.29. The molecule has 0 saturated carbocycles. The van der Waals surface area contributed by atoms with Gasteiger partial charge in [-0.2, -0.15) is 5.10 Å². The standard InChI is InChI=1S/C27H34N4O4/c1-5-35-27(33)30-13-11-29(12-14-30)18-26(32)31-25(21-7-6-8-22(16-21)34-4)17-24(28-31)23-15-19(2)9-10-20(23)3/h6-10,15-16,25H,5,11-14,17-18H2,1-4H3/t25-/m0/s1. The third-order valence-corrected chi connectivity index (χ3v) is 6.61. The third kappa shape index (κ3) is 5.65. The van der Waals surface area contributed by atoms with E-state index in [1.165, 1.54) is 0 Å². The lowest BCUT2D eigenvalue weighted by Gasteiger charge is -2.34. The quantitative estimate of drug-likeness (QED) is 0.632. The van der Waals surface area contributed by atoms with Crippen molar-refractivity contribution < 1.29 is 19.1 Å². The van der Waals surface area contributed by atoms with Gasteiger partial charge in [-0.1, -0.05) is 29.8 Å². The van der Waals surface area contributed by atoms with Crippen LogP contribution in [-0.2, 0) is 9.53 Å². The van der Waals surface area contributed by atoms with Gasteiger partial charge in [-0.15, -0.1) is 0 Å². The summed E-state index contributed by atoms with van der Waals surface area (Å²) in [5, 5.41) is 6.50. The zero-order valence-electron chi connectivity index (χ0n) is 21.0. The molecule has 2 amide bonds. The Balaban J connectivity index is 1.54. The first-order valence-corrected chi connectivity index (χ1v) is 12.1. The van der Waals surface area contributed by atoms with Crippen LogP contribution in [0.4, 0.5) is 4.79 Å². The van der Waals surface area contributed by atoms with Gasteiger partial charge in [0, 0.05) is 38.2 Å². The summed E-state index contributed by atoms with van der Waals surface area (Å²) >= 11 is 0. The number of carbonyl (C=O) groups excluding carboxylic acids is 2. The fourth-order valence-electron chi connectivity index (χ4n) is 4.63. The summed E-state index contributed by atoms with van der Waals surface area (Å²) < 4.78 is 10.5. The predicted molar refractivity (Wildman–Crippen MR) is 135 cm³/mol. The fourth-order valence-corrected chi connectivity index (χ4v) is 4.63. The van der Waals surface area contributed by atoms with E-state index in [0.717, 1.165) is 33.7 Å². The lowest BCUT2D eigenvalue weighted by Crippen LogP contribution is -2.51. The van der Waals surface area contributed by atoms with Crippen molar-refractivity contribution in [1.82, 2.24) is 14.8 Å². The Morgan fingerprint density at radius 2 is 1.83 bits per heavy atom. The van der Waals surface area contributed by atoms with Crippen LogP contribution in [0.5, 0.6) is 5.75 Å².